The van der Waals surface area contributed by atoms with Gasteiger partial charge in [0.25, 0.3) is 0 Å². The highest BCUT2D eigenvalue weighted by Crippen LogP contribution is 2.46. The number of esters is 1. The molecule has 4 rings (SSSR count). The number of carbonyl (C=O) groups excluding carboxylic acids is 2. The molecule has 1 heterocycles. The number of aryl methyl sites for hydroxylation is 1. The molecule has 0 fully saturated rings. The van der Waals surface area contributed by atoms with Gasteiger partial charge in [0.05, 0.1) is 13.7 Å². The minimum absolute atomic E-state index is 0.0548. The highest BCUT2D eigenvalue weighted by Gasteiger charge is 2.44. The Morgan fingerprint density at radius 2 is 1.88 bits per heavy atom. The number of benzene rings is 2. The summed E-state index contributed by atoms with van der Waals surface area (Å²) in [6.07, 6.45) is 2.00. The summed E-state index contributed by atoms with van der Waals surface area (Å²) in [4.78, 5) is 26.0. The molecular weight excluding hydrogens is 430 g/mol. The van der Waals surface area contributed by atoms with Crippen molar-refractivity contribution < 1.29 is 23.8 Å². The molecule has 0 saturated carbocycles. The van der Waals surface area contributed by atoms with E-state index in [1.165, 1.54) is 5.56 Å². The molecule has 0 bridgehead atoms. The van der Waals surface area contributed by atoms with Crippen LogP contribution in [-0.4, -0.2) is 25.5 Å². The average Bonchev–Trinajstić information content (AvgIpc) is 2.83. The van der Waals surface area contributed by atoms with E-state index < -0.39 is 17.8 Å². The number of carbonyl (C=O) groups is 2. The number of ether oxygens (including phenoxy) is 3. The zero-order valence-electron chi connectivity index (χ0n) is 20.0. The van der Waals surface area contributed by atoms with Gasteiger partial charge < -0.3 is 19.5 Å². The number of rotatable bonds is 7. The van der Waals surface area contributed by atoms with Crippen molar-refractivity contribution in [3.05, 3.63) is 82.7 Å². The molecule has 0 saturated heterocycles. The van der Waals surface area contributed by atoms with Gasteiger partial charge in [0.2, 0.25) is 0 Å². The van der Waals surface area contributed by atoms with Gasteiger partial charge >= 0.3 is 5.97 Å². The maximum absolute atomic E-state index is 13.0. The Balaban J connectivity index is 1.70. The van der Waals surface area contributed by atoms with E-state index in [0.29, 0.717) is 35.8 Å². The second-order valence-electron chi connectivity index (χ2n) is 8.71. The topological polar surface area (TPSA) is 73.9 Å². The standard InChI is InChI=1S/C28H31NO5/c1-5-33-28(31)25-18(3)29-21-7-6-8-22(30)27(21)26(25)20-13-14-23(24(15-20)32-4)34-16-19-11-9-17(2)10-12-19/h9-15,25-26,29H,3,5-8,16H2,1-2,4H3. The molecule has 178 valence electrons. The van der Waals surface area contributed by atoms with Crippen molar-refractivity contribution in [3.8, 4) is 11.5 Å². The van der Waals surface area contributed by atoms with Gasteiger partial charge in [-0.25, -0.2) is 0 Å². The number of methoxy groups -OCH3 is 1. The van der Waals surface area contributed by atoms with Crippen LogP contribution in [-0.2, 0) is 20.9 Å². The highest BCUT2D eigenvalue weighted by molar-refractivity contribution is 6.00. The molecule has 1 aliphatic heterocycles. The number of hydrogen-bond donors (Lipinski definition) is 1. The van der Waals surface area contributed by atoms with E-state index in [9.17, 15) is 9.59 Å². The lowest BCUT2D eigenvalue weighted by atomic mass is 9.71. The Kier molecular flexibility index (Phi) is 7.06. The fourth-order valence-electron chi connectivity index (χ4n) is 4.71. The van der Waals surface area contributed by atoms with Crippen LogP contribution >= 0.6 is 0 Å². The van der Waals surface area contributed by atoms with Crippen LogP contribution in [0.5, 0.6) is 11.5 Å². The monoisotopic (exact) mass is 461 g/mol. The van der Waals surface area contributed by atoms with E-state index in [1.54, 1.807) is 14.0 Å². The van der Waals surface area contributed by atoms with Crippen LogP contribution in [0.4, 0.5) is 0 Å². The highest BCUT2D eigenvalue weighted by atomic mass is 16.5. The third-order valence-electron chi connectivity index (χ3n) is 6.39. The molecule has 6 nitrogen and oxygen atoms in total. The van der Waals surface area contributed by atoms with Crippen molar-refractivity contribution in [1.82, 2.24) is 5.32 Å². The molecule has 1 N–H and O–H groups in total. The Morgan fingerprint density at radius 1 is 1.12 bits per heavy atom. The Labute approximate surface area is 200 Å². The van der Waals surface area contributed by atoms with E-state index >= 15 is 0 Å². The number of nitrogens with one attached hydrogen (secondary N) is 1. The van der Waals surface area contributed by atoms with Crippen molar-refractivity contribution in [2.45, 2.75) is 45.6 Å². The van der Waals surface area contributed by atoms with Crippen LogP contribution in [0.1, 0.15) is 48.8 Å². The van der Waals surface area contributed by atoms with Gasteiger partial charge in [-0.05, 0) is 49.9 Å². The van der Waals surface area contributed by atoms with Crippen LogP contribution in [0, 0.1) is 12.8 Å². The number of ketones is 1. The second kappa shape index (κ2) is 10.2. The first-order valence-electron chi connectivity index (χ1n) is 11.7. The molecular formula is C28H31NO5. The average molecular weight is 462 g/mol. The van der Waals surface area contributed by atoms with E-state index in [2.05, 4.69) is 11.9 Å². The molecule has 2 atom stereocenters. The molecule has 2 unspecified atom stereocenters. The molecule has 0 aromatic heterocycles. The molecule has 0 spiro atoms. The van der Waals surface area contributed by atoms with Crippen molar-refractivity contribution >= 4 is 11.8 Å². The summed E-state index contributed by atoms with van der Waals surface area (Å²) in [7, 11) is 1.58. The first-order valence-corrected chi connectivity index (χ1v) is 11.7. The smallest absolute Gasteiger partial charge is 0.315 e. The maximum atomic E-state index is 13.0. The third-order valence-corrected chi connectivity index (χ3v) is 6.39. The molecule has 1 aliphatic carbocycles. The largest absolute Gasteiger partial charge is 0.493 e. The number of hydrogen-bond acceptors (Lipinski definition) is 6. The zero-order valence-corrected chi connectivity index (χ0v) is 20.0. The Hall–Kier alpha value is -3.54. The Bertz CT molecular complexity index is 1130. The lowest BCUT2D eigenvalue weighted by Gasteiger charge is -2.38. The van der Waals surface area contributed by atoms with Crippen LogP contribution in [0.3, 0.4) is 0 Å². The van der Waals surface area contributed by atoms with E-state index in [0.717, 1.165) is 29.7 Å². The predicted molar refractivity (Wildman–Crippen MR) is 130 cm³/mol. The minimum atomic E-state index is -0.704. The lowest BCUT2D eigenvalue weighted by Crippen LogP contribution is -2.41. The fraction of sp³-hybridized carbons (Fsp3) is 0.357. The minimum Gasteiger partial charge on any atom is -0.493 e. The summed E-state index contributed by atoms with van der Waals surface area (Å²) >= 11 is 0. The van der Waals surface area contributed by atoms with Crippen LogP contribution in [0.2, 0.25) is 0 Å². The normalized spacial score (nSPS) is 19.9. The molecule has 0 radical (unpaired) electrons. The third kappa shape index (κ3) is 4.72. The van der Waals surface area contributed by atoms with Crippen LogP contribution < -0.4 is 14.8 Å². The van der Waals surface area contributed by atoms with Gasteiger partial charge in [-0.3, -0.25) is 9.59 Å². The van der Waals surface area contributed by atoms with Crippen LogP contribution in [0.25, 0.3) is 0 Å². The summed E-state index contributed by atoms with van der Waals surface area (Å²) in [5.41, 5.74) is 5.09. The van der Waals surface area contributed by atoms with Crippen LogP contribution in [0.15, 0.2) is 66.0 Å². The van der Waals surface area contributed by atoms with E-state index in [1.807, 2.05) is 49.4 Å². The van der Waals surface area contributed by atoms with Gasteiger partial charge in [-0.2, -0.15) is 0 Å². The molecule has 0 amide bonds. The fourth-order valence-corrected chi connectivity index (χ4v) is 4.71. The molecule has 2 aromatic carbocycles. The summed E-state index contributed by atoms with van der Waals surface area (Å²) in [6, 6.07) is 13.7. The summed E-state index contributed by atoms with van der Waals surface area (Å²) in [6.45, 7) is 8.58. The Morgan fingerprint density at radius 3 is 2.59 bits per heavy atom. The van der Waals surface area contributed by atoms with Crippen molar-refractivity contribution in [1.29, 1.82) is 0 Å². The lowest BCUT2D eigenvalue weighted by molar-refractivity contribution is -0.147. The van der Waals surface area contributed by atoms with Gasteiger partial charge in [0.1, 0.15) is 12.5 Å². The molecule has 2 aliphatic rings. The molecule has 2 aromatic rings. The predicted octanol–water partition coefficient (Wildman–Crippen LogP) is 4.97. The maximum Gasteiger partial charge on any atom is 0.315 e. The summed E-state index contributed by atoms with van der Waals surface area (Å²) in [5, 5.41) is 3.23. The van der Waals surface area contributed by atoms with E-state index in [4.69, 9.17) is 14.2 Å². The summed E-state index contributed by atoms with van der Waals surface area (Å²) in [5.74, 6) is -0.397. The number of Topliss-reactive ketones (excluding diaryl/α,β-unsaturated/α-hetero) is 1. The molecule has 34 heavy (non-hydrogen) atoms. The first-order chi connectivity index (χ1) is 16.4. The zero-order chi connectivity index (χ0) is 24.2. The molecule has 6 heteroatoms. The van der Waals surface area contributed by atoms with Gasteiger partial charge in [-0.15, -0.1) is 0 Å². The van der Waals surface area contributed by atoms with Crippen molar-refractivity contribution in [3.63, 3.8) is 0 Å². The first kappa shape index (κ1) is 23.6. The second-order valence-corrected chi connectivity index (χ2v) is 8.71. The SMILES string of the molecule is C=C1NC2=C(C(=O)CCC2)C(c2ccc(OCc3ccc(C)cc3)c(OC)c2)C1C(=O)OCC. The van der Waals surface area contributed by atoms with Gasteiger partial charge in [0.15, 0.2) is 17.3 Å². The van der Waals surface area contributed by atoms with Crippen molar-refractivity contribution in [2.24, 2.45) is 5.92 Å². The van der Waals surface area contributed by atoms with E-state index in [-0.39, 0.29) is 12.4 Å². The van der Waals surface area contributed by atoms with Crippen molar-refractivity contribution in [2.75, 3.05) is 13.7 Å². The van der Waals surface area contributed by atoms with Gasteiger partial charge in [0, 0.05) is 29.3 Å². The quantitative estimate of drug-likeness (QED) is 0.587. The van der Waals surface area contributed by atoms with Gasteiger partial charge in [-0.1, -0.05) is 42.5 Å². The summed E-state index contributed by atoms with van der Waals surface area (Å²) < 4.78 is 17.0. The number of allylic oxidation sites excluding steroid dienone is 2.